The van der Waals surface area contributed by atoms with E-state index in [2.05, 4.69) is 22.6 Å². The number of piperidine rings is 1. The van der Waals surface area contributed by atoms with E-state index in [0.29, 0.717) is 18.2 Å². The van der Waals surface area contributed by atoms with E-state index in [1.807, 2.05) is 29.2 Å². The van der Waals surface area contributed by atoms with Crippen molar-refractivity contribution in [1.29, 1.82) is 0 Å². The van der Waals surface area contributed by atoms with Gasteiger partial charge in [0.15, 0.2) is 5.69 Å². The molecule has 2 fully saturated rings. The van der Waals surface area contributed by atoms with E-state index in [0.717, 1.165) is 43.7 Å². The van der Waals surface area contributed by atoms with E-state index in [9.17, 15) is 4.79 Å². The van der Waals surface area contributed by atoms with Crippen LogP contribution in [0.2, 0.25) is 0 Å². The Bertz CT molecular complexity index is 679. The monoisotopic (exact) mass is 311 g/mol. The topological polar surface area (TPSA) is 58.4 Å². The van der Waals surface area contributed by atoms with Crippen LogP contribution >= 0.6 is 0 Å². The zero-order chi connectivity index (χ0) is 15.6. The maximum absolute atomic E-state index is 12.6. The number of carbonyl (C=O) groups is 1. The second-order valence-corrected chi connectivity index (χ2v) is 6.49. The number of nitrogens with zero attached hydrogens (tertiary/aromatic N) is 2. The van der Waals surface area contributed by atoms with Crippen LogP contribution in [0.1, 0.15) is 47.8 Å². The van der Waals surface area contributed by atoms with Gasteiger partial charge in [0, 0.05) is 36.8 Å². The molecule has 4 rings (SSSR count). The minimum absolute atomic E-state index is 0.0137. The Balaban J connectivity index is 1.40. The molecule has 2 aliphatic rings. The summed E-state index contributed by atoms with van der Waals surface area (Å²) in [6.07, 6.45) is 4.37. The van der Waals surface area contributed by atoms with Gasteiger partial charge in [0.25, 0.3) is 5.91 Å². The number of aromatic nitrogens is 1. The lowest BCUT2D eigenvalue weighted by Gasteiger charge is -2.33. The third-order valence-corrected chi connectivity index (χ3v) is 4.58. The van der Waals surface area contributed by atoms with Crippen LogP contribution in [0.15, 0.2) is 40.9 Å². The Kier molecular flexibility index (Phi) is 3.77. The number of amides is 1. The highest BCUT2D eigenvalue weighted by Gasteiger charge is 2.31. The van der Waals surface area contributed by atoms with Crippen LogP contribution in [0.3, 0.4) is 0 Å². The van der Waals surface area contributed by atoms with Crippen LogP contribution in [-0.4, -0.2) is 35.1 Å². The van der Waals surface area contributed by atoms with Gasteiger partial charge < -0.3 is 14.7 Å². The third kappa shape index (κ3) is 3.23. The highest BCUT2D eigenvalue weighted by molar-refractivity contribution is 5.92. The molecular weight excluding hydrogens is 290 g/mol. The van der Waals surface area contributed by atoms with E-state index < -0.39 is 0 Å². The van der Waals surface area contributed by atoms with Crippen molar-refractivity contribution in [2.24, 2.45) is 0 Å². The molecule has 1 unspecified atom stereocenters. The van der Waals surface area contributed by atoms with E-state index in [-0.39, 0.29) is 11.9 Å². The maximum atomic E-state index is 12.6. The summed E-state index contributed by atoms with van der Waals surface area (Å²) >= 11 is 0. The first-order valence-electron chi connectivity index (χ1n) is 8.37. The largest absolute Gasteiger partial charge is 0.381 e. The van der Waals surface area contributed by atoms with Gasteiger partial charge in [-0.3, -0.25) is 4.79 Å². The van der Waals surface area contributed by atoms with Gasteiger partial charge in [-0.1, -0.05) is 23.4 Å². The number of nitrogens with one attached hydrogen (secondary N) is 1. The molecule has 0 bridgehead atoms. The summed E-state index contributed by atoms with van der Waals surface area (Å²) in [4.78, 5) is 14.5. The minimum Gasteiger partial charge on any atom is -0.381 e. The summed E-state index contributed by atoms with van der Waals surface area (Å²) in [5, 5.41) is 7.49. The van der Waals surface area contributed by atoms with Crippen molar-refractivity contribution >= 4 is 11.6 Å². The highest BCUT2D eigenvalue weighted by Crippen LogP contribution is 2.40. The van der Waals surface area contributed by atoms with E-state index in [4.69, 9.17) is 4.52 Å². The average molecular weight is 311 g/mol. The molecule has 1 atom stereocenters. The molecule has 1 aliphatic carbocycles. The Hall–Kier alpha value is -2.30. The smallest absolute Gasteiger partial charge is 0.276 e. The van der Waals surface area contributed by atoms with Crippen molar-refractivity contribution in [3.05, 3.63) is 47.9 Å². The maximum Gasteiger partial charge on any atom is 0.276 e. The SMILES string of the molecule is O=C(c1cc(C2CC2)on1)N1CCCC(Nc2ccccc2)C1. The lowest BCUT2D eigenvalue weighted by atomic mass is 10.0. The van der Waals surface area contributed by atoms with Crippen molar-refractivity contribution in [2.45, 2.75) is 37.6 Å². The van der Waals surface area contributed by atoms with E-state index in [1.54, 1.807) is 0 Å². The average Bonchev–Trinajstić information content (AvgIpc) is 3.33. The van der Waals surface area contributed by atoms with Crippen molar-refractivity contribution in [3.63, 3.8) is 0 Å². The molecule has 1 aromatic carbocycles. The fourth-order valence-electron chi connectivity index (χ4n) is 3.16. The van der Waals surface area contributed by atoms with Gasteiger partial charge >= 0.3 is 0 Å². The number of benzene rings is 1. The third-order valence-electron chi connectivity index (χ3n) is 4.58. The normalized spacial score (nSPS) is 21.2. The molecule has 1 amide bonds. The predicted octanol–water partition coefficient (Wildman–Crippen LogP) is 3.27. The molecule has 5 heteroatoms. The Morgan fingerprint density at radius 2 is 2.04 bits per heavy atom. The molecule has 2 aromatic rings. The van der Waals surface area contributed by atoms with Gasteiger partial charge in [-0.25, -0.2) is 0 Å². The summed E-state index contributed by atoms with van der Waals surface area (Å²) in [7, 11) is 0. The van der Waals surface area contributed by atoms with Crippen LogP contribution in [-0.2, 0) is 0 Å². The molecule has 1 aliphatic heterocycles. The Morgan fingerprint density at radius 3 is 2.83 bits per heavy atom. The van der Waals surface area contributed by atoms with E-state index in [1.165, 1.54) is 0 Å². The van der Waals surface area contributed by atoms with Crippen LogP contribution in [0, 0.1) is 0 Å². The van der Waals surface area contributed by atoms with Crippen molar-refractivity contribution in [2.75, 3.05) is 18.4 Å². The summed E-state index contributed by atoms with van der Waals surface area (Å²) in [6.45, 7) is 1.50. The van der Waals surface area contributed by atoms with Crippen LogP contribution in [0.4, 0.5) is 5.69 Å². The molecule has 1 saturated carbocycles. The number of carbonyl (C=O) groups excluding carboxylic acids is 1. The first kappa shape index (κ1) is 14.3. The van der Waals surface area contributed by atoms with Gasteiger partial charge in [-0.15, -0.1) is 0 Å². The second kappa shape index (κ2) is 6.07. The van der Waals surface area contributed by atoms with E-state index >= 15 is 0 Å². The van der Waals surface area contributed by atoms with Gasteiger partial charge in [0.2, 0.25) is 0 Å². The molecule has 1 N–H and O–H groups in total. The molecule has 23 heavy (non-hydrogen) atoms. The minimum atomic E-state index is -0.0137. The molecular formula is C18H21N3O2. The summed E-state index contributed by atoms with van der Waals surface area (Å²) < 4.78 is 5.31. The lowest BCUT2D eigenvalue weighted by molar-refractivity contribution is 0.0704. The lowest BCUT2D eigenvalue weighted by Crippen LogP contribution is -2.45. The van der Waals surface area contributed by atoms with Gasteiger partial charge in [-0.05, 0) is 37.8 Å². The first-order valence-corrected chi connectivity index (χ1v) is 8.37. The molecule has 1 aromatic heterocycles. The van der Waals surface area contributed by atoms with Crippen molar-refractivity contribution in [3.8, 4) is 0 Å². The molecule has 2 heterocycles. The molecule has 0 spiro atoms. The Morgan fingerprint density at radius 1 is 1.22 bits per heavy atom. The van der Waals surface area contributed by atoms with Crippen molar-refractivity contribution < 1.29 is 9.32 Å². The highest BCUT2D eigenvalue weighted by atomic mass is 16.5. The fraction of sp³-hybridized carbons (Fsp3) is 0.444. The molecule has 0 radical (unpaired) electrons. The van der Waals surface area contributed by atoms with Crippen LogP contribution in [0.25, 0.3) is 0 Å². The molecule has 120 valence electrons. The number of likely N-dealkylation sites (tertiary alicyclic amines) is 1. The second-order valence-electron chi connectivity index (χ2n) is 6.49. The molecule has 1 saturated heterocycles. The van der Waals surface area contributed by atoms with Gasteiger partial charge in [0.1, 0.15) is 5.76 Å². The number of anilines is 1. The standard InChI is InChI=1S/C18H21N3O2/c22-18(16-11-17(23-20-16)13-8-9-13)21-10-4-7-15(12-21)19-14-5-2-1-3-6-14/h1-3,5-6,11,13,15,19H,4,7-10,12H2. The number of rotatable bonds is 4. The number of para-hydroxylation sites is 1. The quantitative estimate of drug-likeness (QED) is 0.941. The van der Waals surface area contributed by atoms with Gasteiger partial charge in [0.05, 0.1) is 0 Å². The number of hydrogen-bond acceptors (Lipinski definition) is 4. The van der Waals surface area contributed by atoms with Crippen LogP contribution in [0.5, 0.6) is 0 Å². The predicted molar refractivity (Wildman–Crippen MR) is 87.5 cm³/mol. The van der Waals surface area contributed by atoms with Crippen LogP contribution < -0.4 is 5.32 Å². The zero-order valence-electron chi connectivity index (χ0n) is 13.1. The zero-order valence-corrected chi connectivity index (χ0v) is 13.1. The Labute approximate surface area is 135 Å². The fourth-order valence-corrected chi connectivity index (χ4v) is 3.16. The van der Waals surface area contributed by atoms with Gasteiger partial charge in [-0.2, -0.15) is 0 Å². The number of hydrogen-bond donors (Lipinski definition) is 1. The van der Waals surface area contributed by atoms with Crippen molar-refractivity contribution in [1.82, 2.24) is 10.1 Å². The first-order chi connectivity index (χ1) is 11.3. The summed E-state index contributed by atoms with van der Waals surface area (Å²) in [5.74, 6) is 1.34. The summed E-state index contributed by atoms with van der Waals surface area (Å²) in [5.41, 5.74) is 1.55. The summed E-state index contributed by atoms with van der Waals surface area (Å²) in [6, 6.07) is 12.3. The molecule has 5 nitrogen and oxygen atoms in total.